The SMILES string of the molecule is CCCC(CC(=O)O)NC(=O)N(C)CC1(O)CCCC1. The van der Waals surface area contributed by atoms with Crippen molar-refractivity contribution in [2.24, 2.45) is 0 Å². The maximum Gasteiger partial charge on any atom is 0.317 e. The Balaban J connectivity index is 2.47. The van der Waals surface area contributed by atoms with Crippen LogP contribution in [0.3, 0.4) is 0 Å². The van der Waals surface area contributed by atoms with Crippen LogP contribution in [0.2, 0.25) is 0 Å². The summed E-state index contributed by atoms with van der Waals surface area (Å²) in [4.78, 5) is 24.3. The van der Waals surface area contributed by atoms with E-state index in [4.69, 9.17) is 5.11 Å². The van der Waals surface area contributed by atoms with E-state index in [1.54, 1.807) is 7.05 Å². The van der Waals surface area contributed by atoms with Gasteiger partial charge < -0.3 is 20.4 Å². The molecule has 1 aliphatic rings. The molecule has 2 amide bonds. The second-order valence-electron chi connectivity index (χ2n) is 5.82. The zero-order chi connectivity index (χ0) is 15.2. The lowest BCUT2D eigenvalue weighted by Gasteiger charge is -2.30. The normalized spacial score (nSPS) is 18.6. The van der Waals surface area contributed by atoms with Gasteiger partial charge in [0.2, 0.25) is 0 Å². The number of rotatable bonds is 7. The van der Waals surface area contributed by atoms with E-state index in [0.29, 0.717) is 13.0 Å². The van der Waals surface area contributed by atoms with Crippen LogP contribution in [0, 0.1) is 0 Å². The van der Waals surface area contributed by atoms with E-state index >= 15 is 0 Å². The van der Waals surface area contributed by atoms with Crippen LogP contribution in [0.1, 0.15) is 51.9 Å². The topological polar surface area (TPSA) is 89.9 Å². The number of carboxylic acids is 1. The largest absolute Gasteiger partial charge is 0.481 e. The number of hydrogen-bond donors (Lipinski definition) is 3. The first-order valence-corrected chi connectivity index (χ1v) is 7.32. The van der Waals surface area contributed by atoms with E-state index in [0.717, 1.165) is 32.1 Å². The number of urea groups is 1. The number of aliphatic hydroxyl groups is 1. The van der Waals surface area contributed by atoms with Gasteiger partial charge in [-0.1, -0.05) is 26.2 Å². The summed E-state index contributed by atoms with van der Waals surface area (Å²) < 4.78 is 0. The van der Waals surface area contributed by atoms with Gasteiger partial charge in [0, 0.05) is 13.1 Å². The third-order valence-corrected chi connectivity index (χ3v) is 3.80. The Morgan fingerprint density at radius 3 is 2.45 bits per heavy atom. The van der Waals surface area contributed by atoms with E-state index in [2.05, 4.69) is 5.32 Å². The van der Waals surface area contributed by atoms with Gasteiger partial charge in [-0.3, -0.25) is 4.79 Å². The predicted octanol–water partition coefficient (Wildman–Crippen LogP) is 1.58. The molecule has 6 nitrogen and oxygen atoms in total. The quantitative estimate of drug-likeness (QED) is 0.662. The molecule has 1 rings (SSSR count). The van der Waals surface area contributed by atoms with E-state index in [9.17, 15) is 14.7 Å². The van der Waals surface area contributed by atoms with Crippen LogP contribution in [0.15, 0.2) is 0 Å². The number of hydrogen-bond acceptors (Lipinski definition) is 3. The molecule has 1 fully saturated rings. The van der Waals surface area contributed by atoms with Crippen molar-refractivity contribution in [2.45, 2.75) is 63.5 Å². The lowest BCUT2D eigenvalue weighted by Crippen LogP contribution is -2.49. The van der Waals surface area contributed by atoms with Gasteiger partial charge in [0.1, 0.15) is 0 Å². The number of nitrogens with zero attached hydrogens (tertiary/aromatic N) is 1. The number of carboxylic acid groups (broad SMARTS) is 1. The lowest BCUT2D eigenvalue weighted by atomic mass is 10.0. The number of likely N-dealkylation sites (N-methyl/N-ethyl adjacent to an activating group) is 1. The molecule has 0 aromatic heterocycles. The fraction of sp³-hybridized carbons (Fsp3) is 0.857. The van der Waals surface area contributed by atoms with Crippen LogP contribution >= 0.6 is 0 Å². The highest BCUT2D eigenvalue weighted by Crippen LogP contribution is 2.29. The fourth-order valence-corrected chi connectivity index (χ4v) is 2.77. The molecule has 0 aliphatic heterocycles. The van der Waals surface area contributed by atoms with Gasteiger partial charge in [-0.25, -0.2) is 4.79 Å². The molecule has 0 aromatic rings. The van der Waals surface area contributed by atoms with Crippen LogP contribution in [-0.4, -0.2) is 52.3 Å². The highest BCUT2D eigenvalue weighted by atomic mass is 16.4. The molecule has 20 heavy (non-hydrogen) atoms. The van der Waals surface area contributed by atoms with Crippen molar-refractivity contribution in [1.29, 1.82) is 0 Å². The molecule has 1 saturated carbocycles. The summed E-state index contributed by atoms with van der Waals surface area (Å²) >= 11 is 0. The van der Waals surface area contributed by atoms with Crippen molar-refractivity contribution in [3.63, 3.8) is 0 Å². The molecule has 1 unspecified atom stereocenters. The third-order valence-electron chi connectivity index (χ3n) is 3.80. The first kappa shape index (κ1) is 16.8. The lowest BCUT2D eigenvalue weighted by molar-refractivity contribution is -0.137. The van der Waals surface area contributed by atoms with Gasteiger partial charge in [-0.05, 0) is 19.3 Å². The Bertz CT molecular complexity index is 340. The maximum absolute atomic E-state index is 12.1. The minimum absolute atomic E-state index is 0.0717. The van der Waals surface area contributed by atoms with Gasteiger partial charge in [-0.2, -0.15) is 0 Å². The summed E-state index contributed by atoms with van der Waals surface area (Å²) in [6.45, 7) is 2.25. The highest BCUT2D eigenvalue weighted by molar-refractivity contribution is 5.75. The van der Waals surface area contributed by atoms with Gasteiger partial charge in [0.15, 0.2) is 0 Å². The second-order valence-corrected chi connectivity index (χ2v) is 5.82. The van der Waals surface area contributed by atoms with Gasteiger partial charge in [0.05, 0.1) is 18.6 Å². The molecule has 116 valence electrons. The summed E-state index contributed by atoms with van der Waals surface area (Å²) in [5.41, 5.74) is -0.779. The number of aliphatic carboxylic acids is 1. The summed E-state index contributed by atoms with van der Waals surface area (Å²) in [7, 11) is 1.63. The minimum Gasteiger partial charge on any atom is -0.481 e. The Hall–Kier alpha value is -1.30. The molecular formula is C14H26N2O4. The number of carbonyl (C=O) groups is 2. The van der Waals surface area contributed by atoms with Crippen LogP contribution < -0.4 is 5.32 Å². The molecule has 1 atom stereocenters. The molecule has 3 N–H and O–H groups in total. The second kappa shape index (κ2) is 7.47. The summed E-state index contributed by atoms with van der Waals surface area (Å²) in [6, 6.07) is -0.671. The Labute approximate surface area is 120 Å². The van der Waals surface area contributed by atoms with Crippen molar-refractivity contribution in [3.05, 3.63) is 0 Å². The van der Waals surface area contributed by atoms with Crippen LogP contribution in [0.5, 0.6) is 0 Å². The standard InChI is InChI=1S/C14H26N2O4/c1-3-6-11(9-12(17)18)15-13(19)16(2)10-14(20)7-4-5-8-14/h11,20H,3-10H2,1-2H3,(H,15,19)(H,17,18). The molecule has 0 saturated heterocycles. The van der Waals surface area contributed by atoms with Gasteiger partial charge in [-0.15, -0.1) is 0 Å². The predicted molar refractivity (Wildman–Crippen MR) is 75.5 cm³/mol. The smallest absolute Gasteiger partial charge is 0.317 e. The summed E-state index contributed by atoms with van der Waals surface area (Å²) in [5.74, 6) is -0.916. The van der Waals surface area contributed by atoms with Gasteiger partial charge >= 0.3 is 12.0 Å². The molecule has 0 heterocycles. The summed E-state index contributed by atoms with van der Waals surface area (Å²) in [6.07, 6.45) is 4.79. The van der Waals surface area contributed by atoms with Crippen molar-refractivity contribution >= 4 is 12.0 Å². The van der Waals surface area contributed by atoms with E-state index in [1.807, 2.05) is 6.92 Å². The molecule has 0 aromatic carbocycles. The highest BCUT2D eigenvalue weighted by Gasteiger charge is 2.33. The average Bonchev–Trinajstić information content (AvgIpc) is 2.75. The zero-order valence-electron chi connectivity index (χ0n) is 12.4. The van der Waals surface area contributed by atoms with Crippen molar-refractivity contribution in [2.75, 3.05) is 13.6 Å². The van der Waals surface area contributed by atoms with Crippen molar-refractivity contribution < 1.29 is 19.8 Å². The monoisotopic (exact) mass is 286 g/mol. The first-order chi connectivity index (χ1) is 9.36. The Morgan fingerprint density at radius 2 is 1.95 bits per heavy atom. The van der Waals surface area contributed by atoms with Crippen molar-refractivity contribution in [1.82, 2.24) is 10.2 Å². The number of nitrogens with one attached hydrogen (secondary N) is 1. The van der Waals surface area contributed by atoms with E-state index < -0.39 is 11.6 Å². The number of amides is 2. The molecule has 6 heteroatoms. The minimum atomic E-state index is -0.916. The molecule has 0 bridgehead atoms. The Morgan fingerprint density at radius 1 is 1.35 bits per heavy atom. The van der Waals surface area contributed by atoms with Gasteiger partial charge in [0.25, 0.3) is 0 Å². The molecular weight excluding hydrogens is 260 g/mol. The molecule has 0 spiro atoms. The maximum atomic E-state index is 12.1. The van der Waals surface area contributed by atoms with Crippen LogP contribution in [0.4, 0.5) is 4.79 Å². The summed E-state index contributed by atoms with van der Waals surface area (Å²) in [5, 5.41) is 21.8. The molecule has 1 aliphatic carbocycles. The average molecular weight is 286 g/mol. The molecule has 0 radical (unpaired) electrons. The first-order valence-electron chi connectivity index (χ1n) is 7.32. The Kier molecular flexibility index (Phi) is 6.26. The number of carbonyl (C=O) groups excluding carboxylic acids is 1. The van der Waals surface area contributed by atoms with E-state index in [-0.39, 0.29) is 18.5 Å². The third kappa shape index (κ3) is 5.36. The zero-order valence-corrected chi connectivity index (χ0v) is 12.4. The van der Waals surface area contributed by atoms with Crippen LogP contribution in [-0.2, 0) is 4.79 Å². The van der Waals surface area contributed by atoms with Crippen LogP contribution in [0.25, 0.3) is 0 Å². The fourth-order valence-electron chi connectivity index (χ4n) is 2.77. The van der Waals surface area contributed by atoms with Crippen molar-refractivity contribution in [3.8, 4) is 0 Å². The van der Waals surface area contributed by atoms with E-state index in [1.165, 1.54) is 4.90 Å².